The number of amides is 1. The normalized spacial score (nSPS) is 11.3. The van der Waals surface area contributed by atoms with Crippen LogP contribution in [0.25, 0.3) is 11.4 Å². The zero-order chi connectivity index (χ0) is 16.3. The number of alkyl halides is 3. The van der Waals surface area contributed by atoms with Crippen LogP contribution in [-0.4, -0.2) is 22.8 Å². The molecule has 0 unspecified atom stereocenters. The Hall–Kier alpha value is -2.65. The van der Waals surface area contributed by atoms with Crippen molar-refractivity contribution in [2.45, 2.75) is 13.1 Å². The monoisotopic (exact) mass is 319 g/mol. The fourth-order valence-electron chi connectivity index (χ4n) is 1.49. The molecule has 2 rings (SSSR count). The van der Waals surface area contributed by atoms with E-state index in [0.717, 1.165) is 12.1 Å². The van der Waals surface area contributed by atoms with Crippen LogP contribution in [0, 0.1) is 5.82 Å². The fraction of sp³-hybridized carbons (Fsp3) is 0.250. The van der Waals surface area contributed by atoms with Gasteiger partial charge in [0.2, 0.25) is 5.82 Å². The van der Waals surface area contributed by atoms with Gasteiger partial charge in [-0.05, 0) is 25.1 Å². The van der Waals surface area contributed by atoms with Gasteiger partial charge in [0, 0.05) is 5.56 Å². The number of nitrogens with one attached hydrogen (secondary N) is 1. The lowest BCUT2D eigenvalue weighted by Gasteiger charge is -2.06. The van der Waals surface area contributed by atoms with E-state index in [1.54, 1.807) is 6.92 Å². The molecule has 2 aromatic rings. The highest BCUT2D eigenvalue weighted by Crippen LogP contribution is 2.30. The number of rotatable bonds is 3. The van der Waals surface area contributed by atoms with Gasteiger partial charge in [-0.3, -0.25) is 5.32 Å². The predicted molar refractivity (Wildman–Crippen MR) is 65.3 cm³/mol. The third-order valence-corrected chi connectivity index (χ3v) is 2.41. The molecule has 22 heavy (non-hydrogen) atoms. The summed E-state index contributed by atoms with van der Waals surface area (Å²) >= 11 is 0. The maximum Gasteiger partial charge on any atom is 0.471 e. The van der Waals surface area contributed by atoms with Crippen molar-refractivity contribution >= 4 is 11.8 Å². The molecule has 1 N–H and O–H groups in total. The van der Waals surface area contributed by atoms with E-state index in [1.807, 2.05) is 0 Å². The zero-order valence-electron chi connectivity index (χ0n) is 11.1. The standard InChI is InChI=1S/C12H9F4N3O3/c1-2-21-11(20)17-8-4-3-6(5-7(8)13)9-18-10(22-19-9)12(14,15)16/h3-5H,2H2,1H3,(H,17,20). The van der Waals surface area contributed by atoms with Crippen LogP contribution < -0.4 is 5.32 Å². The van der Waals surface area contributed by atoms with Gasteiger partial charge in [0.25, 0.3) is 0 Å². The first kappa shape index (κ1) is 15.7. The molecule has 0 radical (unpaired) electrons. The average molecular weight is 319 g/mol. The number of aromatic nitrogens is 2. The van der Waals surface area contributed by atoms with Gasteiger partial charge in [0.05, 0.1) is 12.3 Å². The van der Waals surface area contributed by atoms with Gasteiger partial charge in [-0.25, -0.2) is 9.18 Å². The molecule has 118 valence electrons. The molecule has 0 atom stereocenters. The van der Waals surface area contributed by atoms with Gasteiger partial charge in [0.1, 0.15) is 5.82 Å². The first-order valence-corrected chi connectivity index (χ1v) is 5.96. The van der Waals surface area contributed by atoms with Gasteiger partial charge in [-0.2, -0.15) is 18.2 Å². The molecule has 0 aliphatic heterocycles. The van der Waals surface area contributed by atoms with Crippen molar-refractivity contribution in [2.75, 3.05) is 11.9 Å². The smallest absolute Gasteiger partial charge is 0.450 e. The summed E-state index contributed by atoms with van der Waals surface area (Å²) in [6, 6.07) is 3.24. The Labute approximate surface area is 121 Å². The SMILES string of the molecule is CCOC(=O)Nc1ccc(-c2noc(C(F)(F)F)n2)cc1F. The molecule has 1 amide bonds. The van der Waals surface area contributed by atoms with Crippen LogP contribution in [-0.2, 0) is 10.9 Å². The second-order valence-electron chi connectivity index (χ2n) is 3.96. The minimum atomic E-state index is -4.78. The van der Waals surface area contributed by atoms with Crippen molar-refractivity contribution in [3.63, 3.8) is 0 Å². The van der Waals surface area contributed by atoms with Crippen LogP contribution in [0.3, 0.4) is 0 Å². The molecule has 0 saturated heterocycles. The van der Waals surface area contributed by atoms with Crippen molar-refractivity contribution in [1.29, 1.82) is 0 Å². The summed E-state index contributed by atoms with van der Waals surface area (Å²) in [5.74, 6) is -2.84. The molecule has 6 nitrogen and oxygen atoms in total. The van der Waals surface area contributed by atoms with Crippen molar-refractivity contribution in [2.24, 2.45) is 0 Å². The highest BCUT2D eigenvalue weighted by atomic mass is 19.4. The van der Waals surface area contributed by atoms with Gasteiger partial charge >= 0.3 is 18.2 Å². The Kier molecular flexibility index (Phi) is 4.29. The van der Waals surface area contributed by atoms with Gasteiger partial charge < -0.3 is 9.26 Å². The third-order valence-electron chi connectivity index (χ3n) is 2.41. The Balaban J connectivity index is 2.22. The number of benzene rings is 1. The lowest BCUT2D eigenvalue weighted by Crippen LogP contribution is -2.14. The Morgan fingerprint density at radius 3 is 2.68 bits per heavy atom. The molecule has 0 fully saturated rings. The van der Waals surface area contributed by atoms with Crippen LogP contribution in [0.5, 0.6) is 0 Å². The molecular formula is C12H9F4N3O3. The fourth-order valence-corrected chi connectivity index (χ4v) is 1.49. The van der Waals surface area contributed by atoms with E-state index < -0.39 is 29.8 Å². The quantitative estimate of drug-likeness (QED) is 0.877. The number of carbonyl (C=O) groups is 1. The van der Waals surface area contributed by atoms with Crippen LogP contribution in [0.4, 0.5) is 28.0 Å². The summed E-state index contributed by atoms with van der Waals surface area (Å²) in [6.45, 7) is 1.68. The number of halogens is 4. The van der Waals surface area contributed by atoms with Gasteiger partial charge in [-0.1, -0.05) is 5.16 Å². The predicted octanol–water partition coefficient (Wildman–Crippen LogP) is 3.46. The summed E-state index contributed by atoms with van der Waals surface area (Å²) < 4.78 is 59.5. The van der Waals surface area contributed by atoms with Crippen LogP contribution >= 0.6 is 0 Å². The number of hydrogen-bond donors (Lipinski definition) is 1. The largest absolute Gasteiger partial charge is 0.471 e. The number of anilines is 1. The molecule has 0 aliphatic rings. The van der Waals surface area contributed by atoms with Crippen molar-refractivity contribution in [3.05, 3.63) is 29.9 Å². The van der Waals surface area contributed by atoms with Gasteiger partial charge in [0.15, 0.2) is 0 Å². The van der Waals surface area contributed by atoms with Crippen molar-refractivity contribution < 1.29 is 31.6 Å². The zero-order valence-corrected chi connectivity index (χ0v) is 11.1. The molecule has 0 aliphatic carbocycles. The third kappa shape index (κ3) is 3.51. The Bertz CT molecular complexity index is 684. The van der Waals surface area contributed by atoms with E-state index in [2.05, 4.69) is 24.7 Å². The maximum atomic E-state index is 13.8. The minimum absolute atomic E-state index is 0.0360. The second-order valence-corrected chi connectivity index (χ2v) is 3.96. The van der Waals surface area contributed by atoms with E-state index in [9.17, 15) is 22.4 Å². The van der Waals surface area contributed by atoms with Crippen molar-refractivity contribution in [1.82, 2.24) is 10.1 Å². The van der Waals surface area contributed by atoms with E-state index >= 15 is 0 Å². The first-order valence-electron chi connectivity index (χ1n) is 5.96. The molecular weight excluding hydrogens is 310 g/mol. The summed E-state index contributed by atoms with van der Waals surface area (Å²) in [5.41, 5.74) is -0.229. The van der Waals surface area contributed by atoms with Crippen LogP contribution in [0.15, 0.2) is 22.7 Å². The Morgan fingerprint density at radius 1 is 1.41 bits per heavy atom. The van der Waals surface area contributed by atoms with E-state index in [0.29, 0.717) is 0 Å². The van der Waals surface area contributed by atoms with E-state index in [1.165, 1.54) is 6.07 Å². The molecule has 1 heterocycles. The highest BCUT2D eigenvalue weighted by Gasteiger charge is 2.38. The lowest BCUT2D eigenvalue weighted by molar-refractivity contribution is -0.159. The average Bonchev–Trinajstić information content (AvgIpc) is 2.91. The summed E-state index contributed by atoms with van der Waals surface area (Å²) in [7, 11) is 0. The van der Waals surface area contributed by atoms with Crippen LogP contribution in [0.1, 0.15) is 12.8 Å². The molecule has 10 heteroatoms. The van der Waals surface area contributed by atoms with E-state index in [-0.39, 0.29) is 17.9 Å². The topological polar surface area (TPSA) is 77.2 Å². The second kappa shape index (κ2) is 6.00. The molecule has 0 saturated carbocycles. The van der Waals surface area contributed by atoms with Crippen molar-refractivity contribution in [3.8, 4) is 11.4 Å². The first-order chi connectivity index (χ1) is 10.3. The number of carbonyl (C=O) groups excluding carboxylic acids is 1. The van der Waals surface area contributed by atoms with Gasteiger partial charge in [-0.15, -0.1) is 0 Å². The molecule has 1 aromatic carbocycles. The minimum Gasteiger partial charge on any atom is -0.450 e. The summed E-state index contributed by atoms with van der Waals surface area (Å²) in [5, 5.41) is 5.27. The molecule has 0 bridgehead atoms. The molecule has 1 aromatic heterocycles. The highest BCUT2D eigenvalue weighted by molar-refractivity contribution is 5.85. The Morgan fingerprint density at radius 2 is 2.14 bits per heavy atom. The number of ether oxygens (including phenoxy) is 1. The summed E-state index contributed by atoms with van der Waals surface area (Å²) in [6.07, 6.45) is -5.64. The number of nitrogens with zero attached hydrogens (tertiary/aromatic N) is 2. The lowest BCUT2D eigenvalue weighted by atomic mass is 10.2. The summed E-state index contributed by atoms with van der Waals surface area (Å²) in [4.78, 5) is 14.3. The maximum absolute atomic E-state index is 13.8. The van der Waals surface area contributed by atoms with E-state index in [4.69, 9.17) is 0 Å². The van der Waals surface area contributed by atoms with Crippen LogP contribution in [0.2, 0.25) is 0 Å². The molecule has 0 spiro atoms. The number of hydrogen-bond acceptors (Lipinski definition) is 5.